The van der Waals surface area contributed by atoms with E-state index in [1.807, 2.05) is 0 Å². The van der Waals surface area contributed by atoms with Gasteiger partial charge in [-0.05, 0) is 0 Å². The van der Waals surface area contributed by atoms with Gasteiger partial charge in [0.1, 0.15) is 13.2 Å². The Labute approximate surface area is 75.8 Å². The average Bonchev–Trinajstić information content (AvgIpc) is 1.97. The zero-order valence-corrected chi connectivity index (χ0v) is 7.76. The van der Waals surface area contributed by atoms with E-state index in [0.717, 1.165) is 0 Å². The summed E-state index contributed by atoms with van der Waals surface area (Å²) < 4.78 is 9.00. The van der Waals surface area contributed by atoms with E-state index in [9.17, 15) is 9.59 Å². The van der Waals surface area contributed by atoms with E-state index in [1.54, 1.807) is 13.8 Å². The van der Waals surface area contributed by atoms with Crippen LogP contribution in [0.5, 0.6) is 0 Å². The van der Waals surface area contributed by atoms with Crippen LogP contribution in [0.1, 0.15) is 13.8 Å². The molecule has 0 aromatic carbocycles. The predicted molar refractivity (Wildman–Crippen MR) is 43.0 cm³/mol. The number of ether oxygens (including phenoxy) is 2. The van der Waals surface area contributed by atoms with E-state index in [1.165, 1.54) is 0 Å². The fourth-order valence-corrected chi connectivity index (χ4v) is 0.508. The van der Waals surface area contributed by atoms with Gasteiger partial charge in [-0.15, -0.1) is 0 Å². The van der Waals surface area contributed by atoms with Crippen LogP contribution in [0.25, 0.3) is 0 Å². The molecule has 0 saturated heterocycles. The Morgan fingerprint density at radius 1 is 1.25 bits per heavy atom. The zero-order chi connectivity index (χ0) is 9.56. The van der Waals surface area contributed by atoms with Crippen molar-refractivity contribution in [3.8, 4) is 0 Å². The van der Waals surface area contributed by atoms with Gasteiger partial charge in [0, 0.05) is 11.6 Å². The van der Waals surface area contributed by atoms with Crippen LogP contribution in [-0.4, -0.2) is 24.6 Å². The molecule has 0 spiro atoms. The van der Waals surface area contributed by atoms with Gasteiger partial charge in [-0.2, -0.15) is 0 Å². The van der Waals surface area contributed by atoms with Crippen molar-refractivity contribution in [2.45, 2.75) is 13.8 Å². The second-order valence-electron chi connectivity index (χ2n) is 2.41. The van der Waals surface area contributed by atoms with E-state index in [-0.39, 0.29) is 25.1 Å². The number of rotatable bonds is 4. The van der Waals surface area contributed by atoms with Crippen molar-refractivity contribution in [3.05, 3.63) is 0 Å². The molecule has 0 rings (SSSR count). The van der Waals surface area contributed by atoms with Crippen LogP contribution in [0.2, 0.25) is 0 Å². The summed E-state index contributed by atoms with van der Waals surface area (Å²) in [4.78, 5) is 20.8. The van der Waals surface area contributed by atoms with E-state index >= 15 is 0 Å². The van der Waals surface area contributed by atoms with Crippen molar-refractivity contribution >= 4 is 23.0 Å². The second-order valence-corrected chi connectivity index (χ2v) is 2.72. The first-order chi connectivity index (χ1) is 5.54. The Kier molecular flexibility index (Phi) is 5.45. The van der Waals surface area contributed by atoms with Crippen LogP contribution in [-0.2, 0) is 14.3 Å². The Morgan fingerprint density at radius 3 is 2.17 bits per heavy atom. The maximum atomic E-state index is 10.8. The summed E-state index contributed by atoms with van der Waals surface area (Å²) in [6.45, 7) is 3.49. The van der Waals surface area contributed by atoms with Crippen LogP contribution in [0.4, 0.5) is 4.79 Å². The van der Waals surface area contributed by atoms with Crippen LogP contribution in [0, 0.1) is 5.92 Å². The first-order valence-electron chi connectivity index (χ1n) is 3.53. The molecule has 0 N–H and O–H groups in total. The molecule has 0 radical (unpaired) electrons. The third kappa shape index (κ3) is 5.97. The molecule has 0 aromatic rings. The highest BCUT2D eigenvalue weighted by molar-refractivity contribution is 6.61. The lowest BCUT2D eigenvalue weighted by molar-refractivity contribution is -0.148. The molecular formula is C7H11ClO4. The minimum absolute atomic E-state index is 0.000787. The van der Waals surface area contributed by atoms with Gasteiger partial charge in [0.25, 0.3) is 0 Å². The quantitative estimate of drug-likeness (QED) is 0.387. The molecule has 12 heavy (non-hydrogen) atoms. The summed E-state index contributed by atoms with van der Waals surface area (Å²) in [5, 5.41) is 0. The molecule has 0 amide bonds. The Morgan fingerprint density at radius 2 is 1.75 bits per heavy atom. The number of hydrogen-bond acceptors (Lipinski definition) is 4. The molecule has 0 atom stereocenters. The lowest BCUT2D eigenvalue weighted by Crippen LogP contribution is -2.15. The van der Waals surface area contributed by atoms with E-state index in [2.05, 4.69) is 9.47 Å². The van der Waals surface area contributed by atoms with Crippen molar-refractivity contribution in [3.63, 3.8) is 0 Å². The molecule has 70 valence electrons. The van der Waals surface area contributed by atoms with E-state index < -0.39 is 5.43 Å². The van der Waals surface area contributed by atoms with Crippen molar-refractivity contribution in [2.75, 3.05) is 13.2 Å². The summed E-state index contributed by atoms with van der Waals surface area (Å²) >= 11 is 4.85. The monoisotopic (exact) mass is 194 g/mol. The Balaban J connectivity index is 3.32. The van der Waals surface area contributed by atoms with Gasteiger partial charge in [-0.25, -0.2) is 4.79 Å². The summed E-state index contributed by atoms with van der Waals surface area (Å²) in [6, 6.07) is 0. The normalized spacial score (nSPS) is 9.67. The summed E-state index contributed by atoms with van der Waals surface area (Å²) in [5.74, 6) is -0.489. The molecule has 0 aromatic heterocycles. The molecule has 0 aliphatic heterocycles. The fourth-order valence-electron chi connectivity index (χ4n) is 0.431. The SMILES string of the molecule is CC(C)C(=O)OCCOC(=O)Cl. The molecule has 0 heterocycles. The van der Waals surface area contributed by atoms with E-state index in [0.29, 0.717) is 0 Å². The van der Waals surface area contributed by atoms with Gasteiger partial charge in [0.05, 0.1) is 5.92 Å². The average molecular weight is 195 g/mol. The standard InChI is InChI=1S/C7H11ClO4/c1-5(2)6(9)11-3-4-12-7(8)10/h5H,3-4H2,1-2H3. The zero-order valence-electron chi connectivity index (χ0n) is 7.00. The third-order valence-corrected chi connectivity index (χ3v) is 1.12. The maximum Gasteiger partial charge on any atom is 0.403 e. The predicted octanol–water partition coefficient (Wildman–Crippen LogP) is 1.56. The van der Waals surface area contributed by atoms with Crippen LogP contribution >= 0.6 is 11.6 Å². The van der Waals surface area contributed by atoms with E-state index in [4.69, 9.17) is 11.6 Å². The highest BCUT2D eigenvalue weighted by Gasteiger charge is 2.07. The molecule has 0 aliphatic rings. The molecule has 0 fully saturated rings. The first-order valence-corrected chi connectivity index (χ1v) is 3.90. The number of carbonyl (C=O) groups is 2. The summed E-state index contributed by atoms with van der Waals surface area (Å²) in [7, 11) is 0. The lowest BCUT2D eigenvalue weighted by atomic mass is 10.2. The Hall–Kier alpha value is -0.770. The molecule has 0 unspecified atom stereocenters. The minimum Gasteiger partial charge on any atom is -0.462 e. The van der Waals surface area contributed by atoms with Gasteiger partial charge >= 0.3 is 11.4 Å². The molecule has 4 nitrogen and oxygen atoms in total. The number of carbonyl (C=O) groups excluding carboxylic acids is 2. The van der Waals surface area contributed by atoms with Crippen LogP contribution in [0.15, 0.2) is 0 Å². The lowest BCUT2D eigenvalue weighted by Gasteiger charge is -2.05. The van der Waals surface area contributed by atoms with Gasteiger partial charge in [-0.1, -0.05) is 13.8 Å². The summed E-state index contributed by atoms with van der Waals surface area (Å²) in [6.07, 6.45) is 0. The molecule has 0 saturated carbocycles. The fraction of sp³-hybridized carbons (Fsp3) is 0.714. The van der Waals surface area contributed by atoms with Crippen molar-refractivity contribution in [1.29, 1.82) is 0 Å². The first kappa shape index (κ1) is 11.2. The third-order valence-electron chi connectivity index (χ3n) is 1.01. The van der Waals surface area contributed by atoms with Gasteiger partial charge in [0.15, 0.2) is 0 Å². The highest BCUT2D eigenvalue weighted by atomic mass is 35.5. The largest absolute Gasteiger partial charge is 0.462 e. The second kappa shape index (κ2) is 5.83. The summed E-state index contributed by atoms with van der Waals surface area (Å²) in [5.41, 5.74) is -0.893. The molecule has 0 bridgehead atoms. The van der Waals surface area contributed by atoms with Gasteiger partial charge in [-0.3, -0.25) is 4.79 Å². The smallest absolute Gasteiger partial charge is 0.403 e. The van der Waals surface area contributed by atoms with Gasteiger partial charge < -0.3 is 9.47 Å². The molecule has 0 aliphatic carbocycles. The topological polar surface area (TPSA) is 52.6 Å². The highest BCUT2D eigenvalue weighted by Crippen LogP contribution is 1.95. The number of hydrogen-bond donors (Lipinski definition) is 0. The maximum absolute atomic E-state index is 10.8. The number of esters is 1. The van der Waals surface area contributed by atoms with Crippen molar-refractivity contribution in [1.82, 2.24) is 0 Å². The molecular weight excluding hydrogens is 184 g/mol. The van der Waals surface area contributed by atoms with Crippen LogP contribution in [0.3, 0.4) is 0 Å². The number of halogens is 1. The van der Waals surface area contributed by atoms with Gasteiger partial charge in [0.2, 0.25) is 0 Å². The van der Waals surface area contributed by atoms with Crippen molar-refractivity contribution < 1.29 is 19.1 Å². The van der Waals surface area contributed by atoms with Crippen molar-refractivity contribution in [2.24, 2.45) is 5.92 Å². The van der Waals surface area contributed by atoms with Crippen LogP contribution < -0.4 is 0 Å². The minimum atomic E-state index is -0.893. The molecule has 5 heteroatoms. The Bertz CT molecular complexity index is 167.